The van der Waals surface area contributed by atoms with Gasteiger partial charge in [0.15, 0.2) is 5.13 Å². The van der Waals surface area contributed by atoms with Crippen molar-refractivity contribution in [2.45, 2.75) is 13.1 Å². The number of aryl methyl sites for hydroxylation is 1. The number of nitrogens with one attached hydrogen (secondary N) is 2. The van der Waals surface area contributed by atoms with Crippen LogP contribution in [0.15, 0.2) is 36.5 Å². The van der Waals surface area contributed by atoms with Gasteiger partial charge in [0.25, 0.3) is 5.91 Å². The summed E-state index contributed by atoms with van der Waals surface area (Å²) in [5.74, 6) is -0.168. The predicted octanol–water partition coefficient (Wildman–Crippen LogP) is 4.84. The zero-order valence-corrected chi connectivity index (χ0v) is 18.6. The maximum absolute atomic E-state index is 13.3. The number of halogens is 3. The minimum atomic E-state index is -4.52. The average molecular weight is 496 g/mol. The molecule has 13 heteroatoms. The number of hydrogen-bond acceptors (Lipinski definition) is 9. The largest absolute Gasteiger partial charge is 0.475 e. The fraction of sp³-hybridized carbons (Fsp3) is 0.200. The molecular formula is C20H16F3N5O3S2. The molecule has 8 nitrogen and oxygen atoms in total. The molecule has 0 bridgehead atoms. The second kappa shape index (κ2) is 9.29. The van der Waals surface area contributed by atoms with Gasteiger partial charge in [0.2, 0.25) is 5.88 Å². The summed E-state index contributed by atoms with van der Waals surface area (Å²) in [5, 5.41) is 15.0. The standard InChI is InChI=1S/C20H16F3N5O3S2/c1-10-15(17(30)25-11-5-6-14(24-9-11)31-8-7-29)18(33-28-10)27-19-26-16-12(20(21,22)23)3-2-4-13(16)32-19/h2-6,9,29H,7-8H2,1H3,(H,25,30)(H,26,27). The summed E-state index contributed by atoms with van der Waals surface area (Å²) in [4.78, 5) is 21.0. The Kier molecular flexibility index (Phi) is 6.44. The maximum Gasteiger partial charge on any atom is 0.418 e. The number of carbonyl (C=O) groups excluding carboxylic acids is 1. The first-order chi connectivity index (χ1) is 15.8. The number of carbonyl (C=O) groups is 1. The van der Waals surface area contributed by atoms with E-state index in [0.29, 0.717) is 27.0 Å². The van der Waals surface area contributed by atoms with Gasteiger partial charge in [0, 0.05) is 6.07 Å². The average Bonchev–Trinajstić information content (AvgIpc) is 3.35. The van der Waals surface area contributed by atoms with Crippen molar-refractivity contribution in [3.05, 3.63) is 53.3 Å². The molecule has 4 aromatic rings. The highest BCUT2D eigenvalue weighted by Crippen LogP contribution is 2.39. The Bertz CT molecular complexity index is 1290. The van der Waals surface area contributed by atoms with Crippen LogP contribution in [0.3, 0.4) is 0 Å². The fourth-order valence-corrected chi connectivity index (χ4v) is 4.69. The number of benzene rings is 1. The van der Waals surface area contributed by atoms with Crippen molar-refractivity contribution in [3.8, 4) is 5.88 Å². The number of nitrogens with zero attached hydrogens (tertiary/aromatic N) is 3. The van der Waals surface area contributed by atoms with Gasteiger partial charge in [0.1, 0.15) is 11.6 Å². The molecule has 3 N–H and O–H groups in total. The van der Waals surface area contributed by atoms with Crippen molar-refractivity contribution >= 4 is 54.8 Å². The molecule has 1 aromatic carbocycles. The van der Waals surface area contributed by atoms with Crippen LogP contribution < -0.4 is 15.4 Å². The third kappa shape index (κ3) is 5.05. The number of fused-ring (bicyclic) bond motifs is 1. The highest BCUT2D eigenvalue weighted by Gasteiger charge is 2.34. The monoisotopic (exact) mass is 495 g/mol. The van der Waals surface area contributed by atoms with Gasteiger partial charge in [-0.05, 0) is 36.7 Å². The summed E-state index contributed by atoms with van der Waals surface area (Å²) in [6, 6.07) is 7.00. The van der Waals surface area contributed by atoms with Gasteiger partial charge in [-0.1, -0.05) is 17.4 Å². The third-order valence-electron chi connectivity index (χ3n) is 4.37. The van der Waals surface area contributed by atoms with Crippen LogP contribution in [-0.4, -0.2) is 38.6 Å². The Labute approximate surface area is 193 Å². The molecule has 3 aromatic heterocycles. The van der Waals surface area contributed by atoms with Crippen molar-refractivity contribution in [1.82, 2.24) is 14.3 Å². The number of hydrogen-bond donors (Lipinski definition) is 3. The van der Waals surface area contributed by atoms with Gasteiger partial charge in [-0.25, -0.2) is 9.97 Å². The molecule has 1 amide bonds. The summed E-state index contributed by atoms with van der Waals surface area (Å²) in [6.45, 7) is 1.61. The van der Waals surface area contributed by atoms with E-state index in [2.05, 4.69) is 25.0 Å². The van der Waals surface area contributed by atoms with Crippen LogP contribution in [0, 0.1) is 6.92 Å². The SMILES string of the molecule is Cc1nsc(Nc2nc3c(C(F)(F)F)cccc3s2)c1C(=O)Nc1ccc(OCCO)nc1. The lowest BCUT2D eigenvalue weighted by Crippen LogP contribution is -2.14. The van der Waals surface area contributed by atoms with E-state index in [1.807, 2.05) is 0 Å². The van der Waals surface area contributed by atoms with E-state index in [4.69, 9.17) is 9.84 Å². The molecule has 0 aliphatic rings. The number of ether oxygens (including phenoxy) is 1. The van der Waals surface area contributed by atoms with Crippen molar-refractivity contribution in [1.29, 1.82) is 0 Å². The van der Waals surface area contributed by atoms with Crippen LogP contribution in [-0.2, 0) is 6.18 Å². The molecule has 0 aliphatic carbocycles. The Morgan fingerprint density at radius 1 is 1.24 bits per heavy atom. The summed E-state index contributed by atoms with van der Waals surface area (Å²) in [6.07, 6.45) is -3.12. The van der Waals surface area contributed by atoms with Gasteiger partial charge < -0.3 is 20.5 Å². The number of amides is 1. The molecule has 0 radical (unpaired) electrons. The Morgan fingerprint density at radius 2 is 2.06 bits per heavy atom. The van der Waals surface area contributed by atoms with Crippen LogP contribution >= 0.6 is 22.9 Å². The number of rotatable bonds is 7. The summed E-state index contributed by atoms with van der Waals surface area (Å²) >= 11 is 2.05. The molecule has 0 saturated heterocycles. The van der Waals surface area contributed by atoms with Gasteiger partial charge in [-0.3, -0.25) is 4.79 Å². The van der Waals surface area contributed by atoms with E-state index in [0.717, 1.165) is 28.9 Å². The lowest BCUT2D eigenvalue weighted by atomic mass is 10.2. The van der Waals surface area contributed by atoms with E-state index < -0.39 is 17.6 Å². The minimum absolute atomic E-state index is 0.101. The van der Waals surface area contributed by atoms with Crippen LogP contribution in [0.2, 0.25) is 0 Å². The Hall–Kier alpha value is -3.29. The lowest BCUT2D eigenvalue weighted by Gasteiger charge is -2.08. The molecule has 0 unspecified atom stereocenters. The number of alkyl halides is 3. The molecule has 0 saturated carbocycles. The summed E-state index contributed by atoms with van der Waals surface area (Å²) in [5.41, 5.74) is 0.132. The van der Waals surface area contributed by atoms with Crippen molar-refractivity contribution in [2.24, 2.45) is 0 Å². The van der Waals surface area contributed by atoms with Crippen molar-refractivity contribution < 1.29 is 27.8 Å². The minimum Gasteiger partial charge on any atom is -0.475 e. The predicted molar refractivity (Wildman–Crippen MR) is 120 cm³/mol. The molecule has 4 rings (SSSR count). The lowest BCUT2D eigenvalue weighted by molar-refractivity contribution is -0.136. The second-order valence-electron chi connectivity index (χ2n) is 6.68. The third-order valence-corrected chi connectivity index (χ3v) is 6.16. The van der Waals surface area contributed by atoms with Crippen LogP contribution in [0.1, 0.15) is 21.6 Å². The normalized spacial score (nSPS) is 11.5. The number of aliphatic hydroxyl groups is 1. The zero-order valence-electron chi connectivity index (χ0n) is 16.9. The van der Waals surface area contributed by atoms with Gasteiger partial charge in [-0.2, -0.15) is 17.5 Å². The molecule has 33 heavy (non-hydrogen) atoms. The maximum atomic E-state index is 13.3. The fourth-order valence-electron chi connectivity index (χ4n) is 2.93. The summed E-state index contributed by atoms with van der Waals surface area (Å²) < 4.78 is 49.6. The quantitative estimate of drug-likeness (QED) is 0.337. The first-order valence-electron chi connectivity index (χ1n) is 9.47. The Balaban J connectivity index is 1.55. The number of thiazole rings is 1. The van der Waals surface area contributed by atoms with E-state index in [1.54, 1.807) is 25.1 Å². The van der Waals surface area contributed by atoms with E-state index >= 15 is 0 Å². The number of pyridine rings is 1. The number of aliphatic hydroxyl groups excluding tert-OH is 1. The van der Waals surface area contributed by atoms with Crippen LogP contribution in [0.5, 0.6) is 5.88 Å². The van der Waals surface area contributed by atoms with Crippen LogP contribution in [0.25, 0.3) is 10.2 Å². The first kappa shape index (κ1) is 22.9. The second-order valence-corrected chi connectivity index (χ2v) is 8.48. The smallest absolute Gasteiger partial charge is 0.418 e. The topological polar surface area (TPSA) is 109 Å². The van der Waals surface area contributed by atoms with E-state index in [1.165, 1.54) is 12.3 Å². The molecule has 172 valence electrons. The number of anilines is 3. The van der Waals surface area contributed by atoms with Gasteiger partial charge >= 0.3 is 6.18 Å². The molecule has 0 spiro atoms. The molecule has 0 fully saturated rings. The summed E-state index contributed by atoms with van der Waals surface area (Å²) in [7, 11) is 0. The Morgan fingerprint density at radius 3 is 2.76 bits per heavy atom. The number of aromatic nitrogens is 3. The first-order valence-corrected chi connectivity index (χ1v) is 11.1. The molecule has 0 aliphatic heterocycles. The van der Waals surface area contributed by atoms with E-state index in [9.17, 15) is 18.0 Å². The molecule has 0 atom stereocenters. The van der Waals surface area contributed by atoms with Crippen molar-refractivity contribution in [3.63, 3.8) is 0 Å². The van der Waals surface area contributed by atoms with Crippen molar-refractivity contribution in [2.75, 3.05) is 23.8 Å². The highest BCUT2D eigenvalue weighted by molar-refractivity contribution is 7.22. The highest BCUT2D eigenvalue weighted by atomic mass is 32.1. The zero-order chi connectivity index (χ0) is 23.6. The van der Waals surface area contributed by atoms with E-state index in [-0.39, 0.29) is 29.4 Å². The van der Waals surface area contributed by atoms with Gasteiger partial charge in [-0.15, -0.1) is 0 Å². The molecule has 3 heterocycles. The van der Waals surface area contributed by atoms with Crippen LogP contribution in [0.4, 0.5) is 29.0 Å². The number of para-hydroxylation sites is 1. The molecular weight excluding hydrogens is 479 g/mol. The van der Waals surface area contributed by atoms with Gasteiger partial charge in [0.05, 0.1) is 45.5 Å².